The zero-order valence-electron chi connectivity index (χ0n) is 32.7. The van der Waals surface area contributed by atoms with Crippen LogP contribution in [0, 0.1) is 11.8 Å². The number of pyridine rings is 1. The van der Waals surface area contributed by atoms with E-state index >= 15 is 0 Å². The molecular weight excluding hydrogens is 637 g/mol. The van der Waals surface area contributed by atoms with Crippen LogP contribution in [-0.2, 0) is 12.8 Å². The number of allylic oxidation sites excluding steroid dienone is 2. The van der Waals surface area contributed by atoms with Crippen molar-refractivity contribution in [1.29, 1.82) is 0 Å². The lowest BCUT2D eigenvalue weighted by atomic mass is 9.69. The van der Waals surface area contributed by atoms with Gasteiger partial charge in [0.25, 0.3) is 0 Å². The van der Waals surface area contributed by atoms with E-state index in [9.17, 15) is 0 Å². The summed E-state index contributed by atoms with van der Waals surface area (Å²) < 4.78 is 11.4. The largest absolute Gasteiger partial charge is 0.457 e. The zero-order chi connectivity index (χ0) is 36.7. The minimum Gasteiger partial charge on any atom is -0.457 e. The van der Waals surface area contributed by atoms with E-state index in [1.54, 1.807) is 5.57 Å². The third kappa shape index (κ3) is 6.48. The molecule has 0 amide bonds. The maximum atomic E-state index is 6.84. The highest BCUT2D eigenvalue weighted by Crippen LogP contribution is 2.46. The van der Waals surface area contributed by atoms with E-state index in [0.29, 0.717) is 29.6 Å². The molecule has 5 heteroatoms. The highest BCUT2D eigenvalue weighted by atomic mass is 16.5. The Labute approximate surface area is 310 Å². The summed E-state index contributed by atoms with van der Waals surface area (Å²) in [5.41, 5.74) is 11.4. The summed E-state index contributed by atoms with van der Waals surface area (Å²) in [4.78, 5) is 4.85. The van der Waals surface area contributed by atoms with Crippen molar-refractivity contribution in [3.8, 4) is 23.0 Å². The lowest BCUT2D eigenvalue weighted by molar-refractivity contribution is 0.346. The number of aryl methyl sites for hydroxylation is 1. The average Bonchev–Trinajstić information content (AvgIpc) is 3.69. The van der Waals surface area contributed by atoms with E-state index in [4.69, 9.17) is 14.8 Å². The number of nitrogens with zero attached hydrogens (tertiary/aromatic N) is 4. The third-order valence-electron chi connectivity index (χ3n) is 11.4. The predicted octanol–water partition coefficient (Wildman–Crippen LogP) is 13.0. The molecule has 3 atom stereocenters. The second kappa shape index (κ2) is 14.8. The second-order valence-corrected chi connectivity index (χ2v) is 15.5. The van der Waals surface area contributed by atoms with E-state index in [-0.39, 0.29) is 0 Å². The van der Waals surface area contributed by atoms with Gasteiger partial charge in [0.15, 0.2) is 0 Å². The van der Waals surface area contributed by atoms with Crippen LogP contribution in [0.2, 0.25) is 0 Å². The first-order chi connectivity index (χ1) is 25.1. The maximum Gasteiger partial charge on any atom is 0.137 e. The van der Waals surface area contributed by atoms with Crippen LogP contribution in [0.15, 0.2) is 90.6 Å². The molecule has 1 aliphatic rings. The van der Waals surface area contributed by atoms with Crippen LogP contribution >= 0.6 is 0 Å². The van der Waals surface area contributed by atoms with Crippen molar-refractivity contribution >= 4 is 21.8 Å². The van der Waals surface area contributed by atoms with Crippen LogP contribution in [0.25, 0.3) is 33.3 Å². The molecule has 0 fully saturated rings. The van der Waals surface area contributed by atoms with Crippen LogP contribution in [0.1, 0.15) is 127 Å². The van der Waals surface area contributed by atoms with Gasteiger partial charge in [-0.1, -0.05) is 98.6 Å². The topological polar surface area (TPSA) is 44.9 Å². The first-order valence-corrected chi connectivity index (χ1v) is 19.8. The highest BCUT2D eigenvalue weighted by Gasteiger charge is 2.35. The van der Waals surface area contributed by atoms with Gasteiger partial charge < -0.3 is 4.74 Å². The molecule has 3 heterocycles. The summed E-state index contributed by atoms with van der Waals surface area (Å²) >= 11 is 0. The summed E-state index contributed by atoms with van der Waals surface area (Å²) in [5.74, 6) is 4.99. The molecule has 0 N–H and O–H groups in total. The van der Waals surface area contributed by atoms with Gasteiger partial charge in [-0.25, -0.2) is 9.67 Å². The Balaban J connectivity index is 1.34. The molecule has 3 aromatic heterocycles. The molecule has 0 saturated heterocycles. The Morgan fingerprint density at radius 1 is 0.769 bits per heavy atom. The number of fused-ring (bicyclic) bond motifs is 3. The Bertz CT molecular complexity index is 2250. The molecule has 0 aliphatic heterocycles. The van der Waals surface area contributed by atoms with Gasteiger partial charge in [0.2, 0.25) is 0 Å². The molecule has 5 nitrogen and oxygen atoms in total. The van der Waals surface area contributed by atoms with Gasteiger partial charge in [0.1, 0.15) is 17.3 Å². The summed E-state index contributed by atoms with van der Waals surface area (Å²) in [5, 5.41) is 7.79. The lowest BCUT2D eigenvalue weighted by Crippen LogP contribution is -2.23. The van der Waals surface area contributed by atoms with E-state index in [1.807, 2.05) is 6.20 Å². The van der Waals surface area contributed by atoms with E-state index in [1.165, 1.54) is 51.7 Å². The van der Waals surface area contributed by atoms with Crippen LogP contribution in [0.3, 0.4) is 0 Å². The maximum absolute atomic E-state index is 6.84. The van der Waals surface area contributed by atoms with Gasteiger partial charge in [-0.05, 0) is 103 Å². The number of hydrogen-bond donors (Lipinski definition) is 0. The molecule has 0 radical (unpaired) electrons. The predicted molar refractivity (Wildman–Crippen MR) is 218 cm³/mol. The van der Waals surface area contributed by atoms with Crippen molar-refractivity contribution in [1.82, 2.24) is 19.3 Å². The molecule has 0 spiro atoms. The van der Waals surface area contributed by atoms with Crippen LogP contribution in [0.5, 0.6) is 11.5 Å². The van der Waals surface area contributed by atoms with Crippen molar-refractivity contribution in [2.24, 2.45) is 11.8 Å². The summed E-state index contributed by atoms with van der Waals surface area (Å²) in [6, 6.07) is 26.1. The first kappa shape index (κ1) is 35.7. The fourth-order valence-corrected chi connectivity index (χ4v) is 8.74. The van der Waals surface area contributed by atoms with Crippen LogP contribution < -0.4 is 4.74 Å². The number of para-hydroxylation sites is 1. The molecule has 6 aromatic rings. The molecule has 0 bridgehead atoms. The van der Waals surface area contributed by atoms with Crippen molar-refractivity contribution in [2.75, 3.05) is 0 Å². The number of rotatable bonds is 11. The number of hydrogen-bond acceptors (Lipinski definition) is 3. The first-order valence-electron chi connectivity index (χ1n) is 19.8. The Kier molecular flexibility index (Phi) is 10.2. The van der Waals surface area contributed by atoms with Crippen molar-refractivity contribution in [3.05, 3.63) is 119 Å². The van der Waals surface area contributed by atoms with E-state index < -0.39 is 0 Å². The number of benzene rings is 3. The lowest BCUT2D eigenvalue weighted by Gasteiger charge is -2.35. The van der Waals surface area contributed by atoms with Gasteiger partial charge in [-0.2, -0.15) is 5.10 Å². The fourth-order valence-electron chi connectivity index (χ4n) is 8.74. The van der Waals surface area contributed by atoms with Gasteiger partial charge in [0.05, 0.1) is 22.4 Å². The third-order valence-corrected chi connectivity index (χ3v) is 11.4. The molecule has 1 unspecified atom stereocenters. The summed E-state index contributed by atoms with van der Waals surface area (Å²) in [6.45, 7) is 20.6. The Morgan fingerprint density at radius 3 is 2.25 bits per heavy atom. The monoisotopic (exact) mass is 692 g/mol. The van der Waals surface area contributed by atoms with E-state index in [2.05, 4.69) is 150 Å². The standard InChI is InChI=1S/C47H56N4O/c1-10-32-22-31(9)23-33(11-2)46(32)47-41(12-3)49-51(42(47)13-4)36-24-35(30(7)8)25-38(27-36)52-37-18-19-40-39-16-14-15-17-43(39)50(44(40)28-37)45-26-34(29(5)6)20-21-48-45/h14-22,24-31,33,46H,10-13,23H2,1-9H3/t31-,33?,46-/m0/s1. The van der Waals surface area contributed by atoms with Gasteiger partial charge in [-0.3, -0.25) is 4.57 Å². The van der Waals surface area contributed by atoms with Gasteiger partial charge in [0, 0.05) is 46.3 Å². The van der Waals surface area contributed by atoms with E-state index in [0.717, 1.165) is 53.3 Å². The average molecular weight is 693 g/mol. The smallest absolute Gasteiger partial charge is 0.137 e. The molecule has 0 saturated carbocycles. The van der Waals surface area contributed by atoms with Crippen LogP contribution in [-0.4, -0.2) is 19.3 Å². The number of aromatic nitrogens is 4. The van der Waals surface area contributed by atoms with Gasteiger partial charge in [-0.15, -0.1) is 0 Å². The zero-order valence-corrected chi connectivity index (χ0v) is 32.7. The van der Waals surface area contributed by atoms with Crippen molar-refractivity contribution < 1.29 is 4.74 Å². The molecule has 270 valence electrons. The quantitative estimate of drug-likeness (QED) is 0.127. The molecule has 1 aliphatic carbocycles. The summed E-state index contributed by atoms with van der Waals surface area (Å²) in [6.07, 6.45) is 9.86. The highest BCUT2D eigenvalue weighted by molar-refractivity contribution is 6.09. The normalized spacial score (nSPS) is 17.8. The SMILES string of the molecule is CCC1=C[C@H](C)CC(CC)[C@H]1c1c(CC)nn(-c2cc(Oc3ccc4c5ccccc5n(-c5cc(C(C)C)ccn5)c4c3)cc(C(C)C)c2)c1CC. The minimum atomic E-state index is 0.330. The minimum absolute atomic E-state index is 0.330. The molecule has 7 rings (SSSR count). The van der Waals surface area contributed by atoms with Gasteiger partial charge >= 0.3 is 0 Å². The molecule has 52 heavy (non-hydrogen) atoms. The molecular formula is C47H56N4O. The molecule has 3 aromatic carbocycles. The van der Waals surface area contributed by atoms with Crippen LogP contribution in [0.4, 0.5) is 0 Å². The van der Waals surface area contributed by atoms with Crippen molar-refractivity contribution in [2.45, 2.75) is 112 Å². The Hall–Kier alpha value is -4.64. The van der Waals surface area contributed by atoms with Crippen molar-refractivity contribution in [3.63, 3.8) is 0 Å². The number of ether oxygens (including phenoxy) is 1. The summed E-state index contributed by atoms with van der Waals surface area (Å²) in [7, 11) is 0. The second-order valence-electron chi connectivity index (χ2n) is 15.5. The fraction of sp³-hybridized carbons (Fsp3) is 0.404. The Morgan fingerprint density at radius 2 is 1.54 bits per heavy atom.